The maximum atomic E-state index is 8.35. The van der Waals surface area contributed by atoms with E-state index in [-0.39, 0.29) is 0 Å². The summed E-state index contributed by atoms with van der Waals surface area (Å²) in [4.78, 5) is 8.86. The fourth-order valence-electron chi connectivity index (χ4n) is 3.38. The summed E-state index contributed by atoms with van der Waals surface area (Å²) in [6, 6.07) is 22.2. The molecule has 0 aliphatic heterocycles. The zero-order valence-electron chi connectivity index (χ0n) is 15.4. The van der Waals surface area contributed by atoms with E-state index in [0.717, 1.165) is 34.8 Å². The van der Waals surface area contributed by atoms with Crippen LogP contribution in [0.15, 0.2) is 77.9 Å². The van der Waals surface area contributed by atoms with Gasteiger partial charge in [-0.2, -0.15) is 0 Å². The number of pyridine rings is 2. The number of nitrogens with one attached hydrogen (secondary N) is 1. The summed E-state index contributed by atoms with van der Waals surface area (Å²) in [6.07, 6.45) is 1.81. The zero-order valence-corrected chi connectivity index (χ0v) is 15.4. The fourth-order valence-corrected chi connectivity index (χ4v) is 3.38. The minimum Gasteiger partial charge on any atom is -0.333 e. The molecule has 0 bridgehead atoms. The SMILES string of the molecule is CN=C(C)n1c(=N)ccc2c1cc(-c1ccccn1)n2Cc1ccccc1. The van der Waals surface area contributed by atoms with Gasteiger partial charge in [0.2, 0.25) is 0 Å². The lowest BCUT2D eigenvalue weighted by atomic mass is 10.2. The van der Waals surface area contributed by atoms with Crippen molar-refractivity contribution in [1.29, 1.82) is 5.41 Å². The smallest absolute Gasteiger partial charge is 0.130 e. The van der Waals surface area contributed by atoms with Crippen molar-refractivity contribution >= 4 is 16.9 Å². The Morgan fingerprint density at radius 1 is 1.00 bits per heavy atom. The van der Waals surface area contributed by atoms with Crippen LogP contribution in [0.5, 0.6) is 0 Å². The molecule has 0 aliphatic carbocycles. The molecule has 1 N–H and O–H groups in total. The van der Waals surface area contributed by atoms with Crippen LogP contribution in [-0.2, 0) is 6.54 Å². The number of rotatable bonds is 3. The summed E-state index contributed by atoms with van der Waals surface area (Å²) in [6.45, 7) is 2.66. The maximum Gasteiger partial charge on any atom is 0.130 e. The number of hydrogen-bond acceptors (Lipinski definition) is 3. The van der Waals surface area contributed by atoms with Gasteiger partial charge in [-0.1, -0.05) is 36.4 Å². The normalized spacial score (nSPS) is 11.9. The van der Waals surface area contributed by atoms with E-state index in [1.807, 2.05) is 54.1 Å². The van der Waals surface area contributed by atoms with Crippen LogP contribution in [0.2, 0.25) is 0 Å². The third-order valence-corrected chi connectivity index (χ3v) is 4.76. The molecule has 134 valence electrons. The number of aliphatic imine (C=N–C) groups is 1. The first-order chi connectivity index (χ1) is 13.2. The Hall–Kier alpha value is -3.47. The predicted octanol–water partition coefficient (Wildman–Crippen LogP) is 3.93. The van der Waals surface area contributed by atoms with Crippen LogP contribution >= 0.6 is 0 Å². The number of benzene rings is 1. The van der Waals surface area contributed by atoms with Crippen LogP contribution in [0.1, 0.15) is 12.5 Å². The van der Waals surface area contributed by atoms with E-state index in [1.165, 1.54) is 5.56 Å². The summed E-state index contributed by atoms with van der Waals surface area (Å²) in [7, 11) is 1.75. The summed E-state index contributed by atoms with van der Waals surface area (Å²) in [5.41, 5.74) is 5.58. The van der Waals surface area contributed by atoms with Crippen LogP contribution in [0.3, 0.4) is 0 Å². The summed E-state index contributed by atoms with van der Waals surface area (Å²) >= 11 is 0. The first kappa shape index (κ1) is 17.0. The molecule has 4 rings (SSSR count). The van der Waals surface area contributed by atoms with Gasteiger partial charge >= 0.3 is 0 Å². The molecular weight excluding hydrogens is 334 g/mol. The Balaban J connectivity index is 2.02. The molecule has 3 aromatic heterocycles. The molecule has 0 saturated heterocycles. The Labute approximate surface area is 157 Å². The lowest BCUT2D eigenvalue weighted by Crippen LogP contribution is -2.24. The molecule has 0 aliphatic rings. The molecule has 5 nitrogen and oxygen atoms in total. The van der Waals surface area contributed by atoms with Crippen molar-refractivity contribution in [2.75, 3.05) is 7.05 Å². The van der Waals surface area contributed by atoms with Gasteiger partial charge in [-0.05, 0) is 42.8 Å². The Kier molecular flexibility index (Phi) is 4.42. The van der Waals surface area contributed by atoms with E-state index >= 15 is 0 Å². The van der Waals surface area contributed by atoms with Crippen LogP contribution in [-0.4, -0.2) is 27.0 Å². The number of nitrogens with zero attached hydrogens (tertiary/aromatic N) is 4. The summed E-state index contributed by atoms with van der Waals surface area (Å²) in [5.74, 6) is 0.787. The highest BCUT2D eigenvalue weighted by molar-refractivity contribution is 5.94. The van der Waals surface area contributed by atoms with Crippen molar-refractivity contribution in [2.24, 2.45) is 4.99 Å². The second-order valence-corrected chi connectivity index (χ2v) is 6.41. The molecule has 27 heavy (non-hydrogen) atoms. The maximum absolute atomic E-state index is 8.35. The van der Waals surface area contributed by atoms with Crippen molar-refractivity contribution in [1.82, 2.24) is 14.1 Å². The highest BCUT2D eigenvalue weighted by atomic mass is 15.1. The molecule has 0 saturated carbocycles. The van der Waals surface area contributed by atoms with Gasteiger partial charge in [-0.25, -0.2) is 0 Å². The molecule has 0 radical (unpaired) electrons. The first-order valence-corrected chi connectivity index (χ1v) is 8.88. The zero-order chi connectivity index (χ0) is 18.8. The molecule has 0 unspecified atom stereocenters. The van der Waals surface area contributed by atoms with Gasteiger partial charge in [0.25, 0.3) is 0 Å². The monoisotopic (exact) mass is 355 g/mol. The molecule has 0 fully saturated rings. The standard InChI is InChI=1S/C22H21N5/c1-16(24-2)27-21-14-20(18-10-6-7-13-25-18)26(19(21)11-12-22(27)23)15-17-8-4-3-5-9-17/h3-14,23H,15H2,1-2H3. The molecule has 1 aromatic carbocycles. The summed E-state index contributed by atoms with van der Waals surface area (Å²) in [5, 5.41) is 8.35. The van der Waals surface area contributed by atoms with Crippen molar-refractivity contribution < 1.29 is 0 Å². The number of hydrogen-bond donors (Lipinski definition) is 1. The molecular formula is C22H21N5. The second kappa shape index (κ2) is 7.03. The minimum atomic E-state index is 0.412. The topological polar surface area (TPSA) is 59.0 Å². The average molecular weight is 355 g/mol. The Morgan fingerprint density at radius 2 is 1.78 bits per heavy atom. The van der Waals surface area contributed by atoms with Gasteiger partial charge in [0.05, 0.1) is 22.4 Å². The lowest BCUT2D eigenvalue weighted by Gasteiger charge is -2.12. The van der Waals surface area contributed by atoms with E-state index in [2.05, 4.69) is 44.9 Å². The van der Waals surface area contributed by atoms with Gasteiger partial charge in [0.1, 0.15) is 11.3 Å². The first-order valence-electron chi connectivity index (χ1n) is 8.88. The Bertz CT molecular complexity index is 1170. The van der Waals surface area contributed by atoms with Crippen molar-refractivity contribution in [3.05, 3.63) is 84.0 Å². The highest BCUT2D eigenvalue weighted by Gasteiger charge is 2.15. The van der Waals surface area contributed by atoms with Crippen LogP contribution in [0, 0.1) is 5.41 Å². The van der Waals surface area contributed by atoms with Gasteiger partial charge in [0, 0.05) is 19.8 Å². The van der Waals surface area contributed by atoms with Gasteiger partial charge in [-0.15, -0.1) is 0 Å². The van der Waals surface area contributed by atoms with E-state index in [0.29, 0.717) is 5.49 Å². The average Bonchev–Trinajstić information content (AvgIpc) is 3.07. The third-order valence-electron chi connectivity index (χ3n) is 4.76. The van der Waals surface area contributed by atoms with Gasteiger partial charge in [0.15, 0.2) is 0 Å². The lowest BCUT2D eigenvalue weighted by molar-refractivity contribution is 0.839. The minimum absolute atomic E-state index is 0.412. The van der Waals surface area contributed by atoms with Crippen LogP contribution in [0.4, 0.5) is 0 Å². The van der Waals surface area contributed by atoms with Crippen molar-refractivity contribution in [3.8, 4) is 11.4 Å². The highest BCUT2D eigenvalue weighted by Crippen LogP contribution is 2.27. The Morgan fingerprint density at radius 3 is 2.48 bits per heavy atom. The van der Waals surface area contributed by atoms with E-state index in [9.17, 15) is 0 Å². The third kappa shape index (κ3) is 3.08. The molecule has 5 heteroatoms. The van der Waals surface area contributed by atoms with Crippen LogP contribution in [0.25, 0.3) is 22.4 Å². The van der Waals surface area contributed by atoms with E-state index in [1.54, 1.807) is 7.05 Å². The van der Waals surface area contributed by atoms with Gasteiger partial charge in [-0.3, -0.25) is 20.0 Å². The van der Waals surface area contributed by atoms with Gasteiger partial charge < -0.3 is 4.57 Å². The van der Waals surface area contributed by atoms with E-state index in [4.69, 9.17) is 5.41 Å². The molecule has 0 amide bonds. The van der Waals surface area contributed by atoms with Crippen LogP contribution < -0.4 is 5.49 Å². The molecule has 3 heterocycles. The second-order valence-electron chi connectivity index (χ2n) is 6.41. The quantitative estimate of drug-likeness (QED) is 0.439. The van der Waals surface area contributed by atoms with E-state index < -0.39 is 0 Å². The van der Waals surface area contributed by atoms with Crippen molar-refractivity contribution in [2.45, 2.75) is 13.5 Å². The molecule has 0 spiro atoms. The number of aromatic nitrogens is 3. The predicted molar refractivity (Wildman–Crippen MR) is 109 cm³/mol. The largest absolute Gasteiger partial charge is 0.333 e. The number of fused-ring (bicyclic) bond motifs is 1. The fraction of sp³-hybridized carbons (Fsp3) is 0.136. The van der Waals surface area contributed by atoms with Crippen molar-refractivity contribution in [3.63, 3.8) is 0 Å². The molecule has 4 aromatic rings. The molecule has 0 atom stereocenters. The summed E-state index contributed by atoms with van der Waals surface area (Å²) < 4.78 is 4.13.